The molecule has 0 unspecified atom stereocenters. The number of sulfonamides is 1. The van der Waals surface area contributed by atoms with E-state index in [0.29, 0.717) is 17.3 Å². The van der Waals surface area contributed by atoms with Crippen molar-refractivity contribution in [1.82, 2.24) is 4.72 Å². The van der Waals surface area contributed by atoms with Gasteiger partial charge in [0.05, 0.1) is 17.0 Å². The highest BCUT2D eigenvalue weighted by Gasteiger charge is 2.36. The Bertz CT molecular complexity index is 625. The van der Waals surface area contributed by atoms with E-state index in [2.05, 4.69) is 36.6 Å². The van der Waals surface area contributed by atoms with Gasteiger partial charge in [0, 0.05) is 8.95 Å². The maximum absolute atomic E-state index is 12.7. The van der Waals surface area contributed by atoms with E-state index in [-0.39, 0.29) is 11.5 Å². The molecular formula is C14H19Br2NO3S. The zero-order valence-electron chi connectivity index (χ0n) is 11.8. The van der Waals surface area contributed by atoms with E-state index in [9.17, 15) is 13.5 Å². The molecule has 1 aliphatic carbocycles. The van der Waals surface area contributed by atoms with Crippen LogP contribution >= 0.6 is 31.9 Å². The molecule has 1 aliphatic rings. The second-order valence-electron chi connectivity index (χ2n) is 5.64. The third-order valence-corrected chi connectivity index (χ3v) is 7.36. The lowest BCUT2D eigenvalue weighted by molar-refractivity contribution is 0.142. The van der Waals surface area contributed by atoms with E-state index in [4.69, 9.17) is 0 Å². The molecule has 2 rings (SSSR count). The first kappa shape index (κ1) is 17.4. The maximum atomic E-state index is 12.7. The van der Waals surface area contributed by atoms with Gasteiger partial charge in [0.1, 0.15) is 0 Å². The van der Waals surface area contributed by atoms with E-state index < -0.39 is 15.6 Å². The number of hydrogen-bond donors (Lipinski definition) is 2. The Morgan fingerprint density at radius 1 is 1.19 bits per heavy atom. The van der Waals surface area contributed by atoms with E-state index >= 15 is 0 Å². The molecule has 1 aromatic rings. The minimum atomic E-state index is -3.69. The van der Waals surface area contributed by atoms with Gasteiger partial charge in [-0.1, -0.05) is 35.2 Å². The summed E-state index contributed by atoms with van der Waals surface area (Å²) in [5.74, 6) is 0. The van der Waals surface area contributed by atoms with Crippen molar-refractivity contribution < 1.29 is 13.5 Å². The fourth-order valence-electron chi connectivity index (χ4n) is 2.69. The van der Waals surface area contributed by atoms with Crippen molar-refractivity contribution in [2.45, 2.75) is 49.5 Å². The molecule has 4 nitrogen and oxygen atoms in total. The Kier molecular flexibility index (Phi) is 5.52. The lowest BCUT2D eigenvalue weighted by atomic mass is 9.83. The van der Waals surface area contributed by atoms with Gasteiger partial charge in [-0.2, -0.15) is 0 Å². The fraction of sp³-hybridized carbons (Fsp3) is 0.571. The van der Waals surface area contributed by atoms with Crippen LogP contribution in [0.15, 0.2) is 26.0 Å². The van der Waals surface area contributed by atoms with Crippen LogP contribution in [0, 0.1) is 6.92 Å². The van der Waals surface area contributed by atoms with Crippen molar-refractivity contribution in [3.8, 4) is 0 Å². The Morgan fingerprint density at radius 2 is 1.81 bits per heavy atom. The van der Waals surface area contributed by atoms with Gasteiger partial charge in [-0.05, 0) is 53.4 Å². The van der Waals surface area contributed by atoms with Crippen LogP contribution < -0.4 is 4.72 Å². The highest BCUT2D eigenvalue weighted by atomic mass is 79.9. The molecule has 0 saturated heterocycles. The lowest BCUT2D eigenvalue weighted by Gasteiger charge is -2.36. The molecule has 0 aliphatic heterocycles. The Labute approximate surface area is 142 Å². The van der Waals surface area contributed by atoms with E-state index in [1.54, 1.807) is 12.1 Å². The molecular weight excluding hydrogens is 422 g/mol. The van der Waals surface area contributed by atoms with Gasteiger partial charge in [-0.25, -0.2) is 13.1 Å². The molecule has 0 radical (unpaired) electrons. The third-order valence-electron chi connectivity index (χ3n) is 3.97. The summed E-state index contributed by atoms with van der Waals surface area (Å²) < 4.78 is 29.4. The third kappa shape index (κ3) is 3.88. The van der Waals surface area contributed by atoms with Crippen LogP contribution in [0.3, 0.4) is 0 Å². The number of aliphatic hydroxyl groups excluding tert-OH is 1. The smallest absolute Gasteiger partial charge is 0.242 e. The Hall–Kier alpha value is 0.0500. The summed E-state index contributed by atoms with van der Waals surface area (Å²) in [4.78, 5) is 0.193. The molecule has 1 saturated carbocycles. The SMILES string of the molecule is Cc1cc(Br)c(S(=O)(=O)NC2(CO)CCCCC2)cc1Br. The molecule has 0 amide bonds. The molecule has 118 valence electrons. The predicted molar refractivity (Wildman–Crippen MR) is 89.8 cm³/mol. The quantitative estimate of drug-likeness (QED) is 0.752. The van der Waals surface area contributed by atoms with Crippen LogP contribution in [0.1, 0.15) is 37.7 Å². The normalized spacial score (nSPS) is 18.7. The largest absolute Gasteiger partial charge is 0.394 e. The summed E-state index contributed by atoms with van der Waals surface area (Å²) in [6, 6.07) is 3.36. The number of aliphatic hydroxyl groups is 1. The summed E-state index contributed by atoms with van der Waals surface area (Å²) in [5.41, 5.74) is 0.226. The number of hydrogen-bond acceptors (Lipinski definition) is 3. The van der Waals surface area contributed by atoms with Gasteiger partial charge in [-0.3, -0.25) is 0 Å². The van der Waals surface area contributed by atoms with Gasteiger partial charge in [-0.15, -0.1) is 0 Å². The van der Waals surface area contributed by atoms with Gasteiger partial charge in [0.2, 0.25) is 10.0 Å². The minimum Gasteiger partial charge on any atom is -0.394 e. The average molecular weight is 441 g/mol. The standard InChI is InChI=1S/C14H19Br2NO3S/c1-10-7-12(16)13(8-11(10)15)21(19,20)17-14(9-18)5-3-2-4-6-14/h7-8,17-18H,2-6,9H2,1H3. The number of aryl methyl sites for hydroxylation is 1. The molecule has 0 heterocycles. The second-order valence-corrected chi connectivity index (χ2v) is 9.00. The first-order valence-electron chi connectivity index (χ1n) is 6.90. The van der Waals surface area contributed by atoms with Crippen LogP contribution in [0.25, 0.3) is 0 Å². The lowest BCUT2D eigenvalue weighted by Crippen LogP contribution is -2.52. The number of halogens is 2. The average Bonchev–Trinajstić information content (AvgIpc) is 2.43. The molecule has 7 heteroatoms. The summed E-state index contributed by atoms with van der Waals surface area (Å²) in [6.45, 7) is 1.73. The van der Waals surface area contributed by atoms with E-state index in [1.165, 1.54) is 0 Å². The predicted octanol–water partition coefficient (Wildman–Crippen LogP) is 3.49. The highest BCUT2D eigenvalue weighted by molar-refractivity contribution is 9.11. The van der Waals surface area contributed by atoms with Crippen molar-refractivity contribution >= 4 is 41.9 Å². The van der Waals surface area contributed by atoms with Crippen molar-refractivity contribution in [3.05, 3.63) is 26.6 Å². The Morgan fingerprint density at radius 3 is 2.38 bits per heavy atom. The first-order chi connectivity index (χ1) is 9.80. The molecule has 2 N–H and O–H groups in total. The van der Waals surface area contributed by atoms with Crippen LogP contribution in [0.2, 0.25) is 0 Å². The van der Waals surface area contributed by atoms with Crippen LogP contribution in [0.5, 0.6) is 0 Å². The van der Waals surface area contributed by atoms with Crippen molar-refractivity contribution in [1.29, 1.82) is 0 Å². The number of nitrogens with one attached hydrogen (secondary N) is 1. The minimum absolute atomic E-state index is 0.170. The van der Waals surface area contributed by atoms with Crippen molar-refractivity contribution in [3.63, 3.8) is 0 Å². The topological polar surface area (TPSA) is 66.4 Å². The molecule has 0 spiro atoms. The summed E-state index contributed by atoms with van der Waals surface area (Å²) >= 11 is 6.68. The van der Waals surface area contributed by atoms with Gasteiger partial charge in [0.25, 0.3) is 0 Å². The second kappa shape index (κ2) is 6.66. The fourth-order valence-corrected chi connectivity index (χ4v) is 5.82. The Balaban J connectivity index is 2.36. The van der Waals surface area contributed by atoms with Crippen LogP contribution in [-0.4, -0.2) is 25.7 Å². The number of rotatable bonds is 4. The molecule has 0 bridgehead atoms. The van der Waals surface area contributed by atoms with Crippen LogP contribution in [0.4, 0.5) is 0 Å². The van der Waals surface area contributed by atoms with Gasteiger partial charge >= 0.3 is 0 Å². The summed E-state index contributed by atoms with van der Waals surface area (Å²) in [6.07, 6.45) is 4.30. The molecule has 1 aromatic carbocycles. The van der Waals surface area contributed by atoms with E-state index in [0.717, 1.165) is 29.3 Å². The van der Waals surface area contributed by atoms with Crippen LogP contribution in [-0.2, 0) is 10.0 Å². The van der Waals surface area contributed by atoms with Crippen molar-refractivity contribution in [2.75, 3.05) is 6.61 Å². The molecule has 0 aromatic heterocycles. The maximum Gasteiger partial charge on any atom is 0.242 e. The molecule has 0 atom stereocenters. The summed E-state index contributed by atoms with van der Waals surface area (Å²) in [5, 5.41) is 9.67. The van der Waals surface area contributed by atoms with Gasteiger partial charge < -0.3 is 5.11 Å². The first-order valence-corrected chi connectivity index (χ1v) is 9.97. The molecule has 21 heavy (non-hydrogen) atoms. The zero-order valence-corrected chi connectivity index (χ0v) is 15.8. The van der Waals surface area contributed by atoms with Gasteiger partial charge in [0.15, 0.2) is 0 Å². The molecule has 1 fully saturated rings. The van der Waals surface area contributed by atoms with Crippen molar-refractivity contribution in [2.24, 2.45) is 0 Å². The van der Waals surface area contributed by atoms with E-state index in [1.807, 2.05) is 6.92 Å². The summed E-state index contributed by atoms with van der Waals surface area (Å²) in [7, 11) is -3.69. The highest BCUT2D eigenvalue weighted by Crippen LogP contribution is 2.33. The monoisotopic (exact) mass is 439 g/mol. The zero-order chi connectivity index (χ0) is 15.7. The number of benzene rings is 1.